The van der Waals surface area contributed by atoms with Gasteiger partial charge in [0.15, 0.2) is 0 Å². The van der Waals surface area contributed by atoms with Crippen molar-refractivity contribution >= 4 is 27.8 Å². The van der Waals surface area contributed by atoms with Gasteiger partial charge >= 0.3 is 12.3 Å². The first-order valence-electron chi connectivity index (χ1n) is 5.74. The van der Waals surface area contributed by atoms with Gasteiger partial charge in [-0.2, -0.15) is 13.2 Å². The highest BCUT2D eigenvalue weighted by Crippen LogP contribution is 2.37. The Kier molecular flexibility index (Phi) is 4.07. The molecule has 2 rings (SSSR count). The van der Waals surface area contributed by atoms with Gasteiger partial charge in [0.2, 0.25) is 0 Å². The summed E-state index contributed by atoms with van der Waals surface area (Å²) in [6.07, 6.45) is -4.27. The van der Waals surface area contributed by atoms with Crippen molar-refractivity contribution in [2.24, 2.45) is 0 Å². The van der Waals surface area contributed by atoms with Gasteiger partial charge in [0.05, 0.1) is 5.56 Å². The van der Waals surface area contributed by atoms with Gasteiger partial charge in [-0.25, -0.2) is 9.78 Å². The standard InChI is InChI=1S/C11H11BrF3N3O2/c12-7-5-8(11(13,14)15)9(16-6-7)17-1-3-18(4-2-17)10(19)20/h5-6H,1-4H2,(H,19,20). The van der Waals surface area contributed by atoms with Gasteiger partial charge in [-0.3, -0.25) is 0 Å². The number of nitrogens with zero attached hydrogens (tertiary/aromatic N) is 3. The Morgan fingerprint density at radius 3 is 2.40 bits per heavy atom. The van der Waals surface area contributed by atoms with Crippen molar-refractivity contribution in [1.29, 1.82) is 0 Å². The van der Waals surface area contributed by atoms with E-state index in [1.807, 2.05) is 0 Å². The zero-order valence-corrected chi connectivity index (χ0v) is 11.8. The van der Waals surface area contributed by atoms with Crippen LogP contribution < -0.4 is 4.90 Å². The predicted octanol–water partition coefficient (Wildman–Crippen LogP) is 2.66. The maximum absolute atomic E-state index is 13.0. The minimum Gasteiger partial charge on any atom is -0.465 e. The van der Waals surface area contributed by atoms with Gasteiger partial charge in [-0.15, -0.1) is 0 Å². The van der Waals surface area contributed by atoms with Crippen LogP contribution in [0.15, 0.2) is 16.7 Å². The molecule has 0 saturated carbocycles. The summed E-state index contributed by atoms with van der Waals surface area (Å²) in [5, 5.41) is 8.82. The molecular weight excluding hydrogens is 343 g/mol. The predicted molar refractivity (Wildman–Crippen MR) is 68.7 cm³/mol. The second kappa shape index (κ2) is 5.47. The van der Waals surface area contributed by atoms with E-state index in [1.165, 1.54) is 16.0 Å². The largest absolute Gasteiger partial charge is 0.465 e. The molecule has 2 heterocycles. The highest BCUT2D eigenvalue weighted by Gasteiger charge is 2.37. The number of carbonyl (C=O) groups is 1. The van der Waals surface area contributed by atoms with E-state index >= 15 is 0 Å². The molecule has 1 aliphatic heterocycles. The molecule has 1 aromatic rings. The van der Waals surface area contributed by atoms with Crippen molar-refractivity contribution in [3.63, 3.8) is 0 Å². The first kappa shape index (κ1) is 14.9. The summed E-state index contributed by atoms with van der Waals surface area (Å²) < 4.78 is 39.2. The molecule has 1 amide bonds. The molecule has 0 bridgehead atoms. The van der Waals surface area contributed by atoms with Crippen LogP contribution in [0.3, 0.4) is 0 Å². The van der Waals surface area contributed by atoms with E-state index in [4.69, 9.17) is 5.11 Å². The van der Waals surface area contributed by atoms with Gasteiger partial charge in [-0.05, 0) is 22.0 Å². The molecule has 0 unspecified atom stereocenters. The van der Waals surface area contributed by atoms with E-state index in [-0.39, 0.29) is 36.5 Å². The molecule has 1 aliphatic rings. The van der Waals surface area contributed by atoms with Crippen LogP contribution in [0.1, 0.15) is 5.56 Å². The SMILES string of the molecule is O=C(O)N1CCN(c2ncc(Br)cc2C(F)(F)F)CC1. The van der Waals surface area contributed by atoms with Gasteiger partial charge < -0.3 is 14.9 Å². The number of aromatic nitrogens is 1. The molecule has 0 atom stereocenters. The fraction of sp³-hybridized carbons (Fsp3) is 0.455. The second-order valence-corrected chi connectivity index (χ2v) is 5.19. The fourth-order valence-electron chi connectivity index (χ4n) is 2.00. The van der Waals surface area contributed by atoms with Crippen LogP contribution in [0.5, 0.6) is 0 Å². The van der Waals surface area contributed by atoms with Gasteiger partial charge in [0.25, 0.3) is 0 Å². The number of carboxylic acid groups (broad SMARTS) is 1. The Morgan fingerprint density at radius 2 is 1.90 bits per heavy atom. The van der Waals surface area contributed by atoms with Gasteiger partial charge in [0.1, 0.15) is 5.82 Å². The average Bonchev–Trinajstić information content (AvgIpc) is 2.38. The third kappa shape index (κ3) is 3.14. The number of pyridine rings is 1. The number of alkyl halides is 3. The average molecular weight is 354 g/mol. The molecule has 1 N–H and O–H groups in total. The second-order valence-electron chi connectivity index (χ2n) is 4.28. The number of hydrogen-bond acceptors (Lipinski definition) is 3. The monoisotopic (exact) mass is 353 g/mol. The Balaban J connectivity index is 2.24. The molecule has 0 radical (unpaired) electrons. The van der Waals surface area contributed by atoms with E-state index in [1.54, 1.807) is 0 Å². The Morgan fingerprint density at radius 1 is 1.30 bits per heavy atom. The van der Waals surface area contributed by atoms with Crippen LogP contribution in [-0.2, 0) is 6.18 Å². The molecule has 0 aliphatic carbocycles. The molecular formula is C11H11BrF3N3O2. The van der Waals surface area contributed by atoms with Crippen LogP contribution in [0.2, 0.25) is 0 Å². The molecule has 0 aromatic carbocycles. The van der Waals surface area contributed by atoms with E-state index in [2.05, 4.69) is 20.9 Å². The lowest BCUT2D eigenvalue weighted by molar-refractivity contribution is -0.137. The molecule has 9 heteroatoms. The maximum atomic E-state index is 13.0. The third-order valence-electron chi connectivity index (χ3n) is 2.99. The van der Waals surface area contributed by atoms with Crippen molar-refractivity contribution in [1.82, 2.24) is 9.88 Å². The van der Waals surface area contributed by atoms with Crippen molar-refractivity contribution in [3.05, 3.63) is 22.3 Å². The molecule has 1 saturated heterocycles. The molecule has 1 fully saturated rings. The normalized spacial score (nSPS) is 16.4. The van der Waals surface area contributed by atoms with Crippen molar-refractivity contribution in [2.75, 3.05) is 31.1 Å². The Bertz CT molecular complexity index is 516. The summed E-state index contributed by atoms with van der Waals surface area (Å²) in [6.45, 7) is 0.683. The zero-order valence-electron chi connectivity index (χ0n) is 10.2. The van der Waals surface area contributed by atoms with Crippen molar-refractivity contribution in [3.8, 4) is 0 Å². The van der Waals surface area contributed by atoms with E-state index in [0.717, 1.165) is 6.07 Å². The number of hydrogen-bond donors (Lipinski definition) is 1. The lowest BCUT2D eigenvalue weighted by Gasteiger charge is -2.34. The first-order valence-corrected chi connectivity index (χ1v) is 6.54. The van der Waals surface area contributed by atoms with Crippen LogP contribution in [0.4, 0.5) is 23.8 Å². The summed E-state index contributed by atoms with van der Waals surface area (Å²) in [7, 11) is 0. The van der Waals surface area contributed by atoms with Crippen molar-refractivity contribution in [2.45, 2.75) is 6.18 Å². The van der Waals surface area contributed by atoms with Gasteiger partial charge in [-0.1, -0.05) is 0 Å². The van der Waals surface area contributed by atoms with Gasteiger partial charge in [0, 0.05) is 36.8 Å². The van der Waals surface area contributed by atoms with Crippen LogP contribution >= 0.6 is 15.9 Å². The quantitative estimate of drug-likeness (QED) is 0.843. The Labute approximate surface area is 121 Å². The molecule has 20 heavy (non-hydrogen) atoms. The summed E-state index contributed by atoms with van der Waals surface area (Å²) in [5.41, 5.74) is -0.823. The van der Waals surface area contributed by atoms with Crippen LogP contribution in [0.25, 0.3) is 0 Å². The zero-order chi connectivity index (χ0) is 14.9. The molecule has 5 nitrogen and oxygen atoms in total. The maximum Gasteiger partial charge on any atom is 0.419 e. The van der Waals surface area contributed by atoms with Crippen LogP contribution in [0, 0.1) is 0 Å². The van der Waals surface area contributed by atoms with E-state index in [0.29, 0.717) is 0 Å². The summed E-state index contributed by atoms with van der Waals surface area (Å²) >= 11 is 2.97. The summed E-state index contributed by atoms with van der Waals surface area (Å²) in [5.74, 6) is -0.161. The van der Waals surface area contributed by atoms with Crippen LogP contribution in [-0.4, -0.2) is 47.3 Å². The highest BCUT2D eigenvalue weighted by molar-refractivity contribution is 9.10. The molecule has 1 aromatic heterocycles. The lowest BCUT2D eigenvalue weighted by atomic mass is 10.2. The minimum atomic E-state index is -4.50. The number of halogens is 4. The van der Waals surface area contributed by atoms with E-state index < -0.39 is 17.8 Å². The summed E-state index contributed by atoms with van der Waals surface area (Å²) in [4.78, 5) is 17.2. The number of anilines is 1. The minimum absolute atomic E-state index is 0.157. The topological polar surface area (TPSA) is 56.7 Å². The molecule has 110 valence electrons. The highest BCUT2D eigenvalue weighted by atomic mass is 79.9. The summed E-state index contributed by atoms with van der Waals surface area (Å²) in [6, 6.07) is 0.978. The van der Waals surface area contributed by atoms with Crippen molar-refractivity contribution < 1.29 is 23.1 Å². The molecule has 0 spiro atoms. The first-order chi connectivity index (χ1) is 9.29. The lowest BCUT2D eigenvalue weighted by Crippen LogP contribution is -2.49. The fourth-order valence-corrected chi connectivity index (χ4v) is 2.33. The van der Waals surface area contributed by atoms with E-state index in [9.17, 15) is 18.0 Å². The number of amides is 1. The smallest absolute Gasteiger partial charge is 0.419 e. The third-order valence-corrected chi connectivity index (χ3v) is 3.42. The Hall–Kier alpha value is -1.51. The number of piperazine rings is 1. The number of rotatable bonds is 1.